The van der Waals surface area contributed by atoms with E-state index in [0.717, 1.165) is 0 Å². The molecule has 1 aromatic heterocycles. The smallest absolute Gasteiger partial charge is 0.340 e. The van der Waals surface area contributed by atoms with Gasteiger partial charge in [0.15, 0.2) is 0 Å². The predicted octanol–water partition coefficient (Wildman–Crippen LogP) is 1.59. The number of alkyl halides is 1. The lowest BCUT2D eigenvalue weighted by Gasteiger charge is -1.97. The number of pyridine rings is 1. The molecule has 0 aliphatic carbocycles. The largest absolute Gasteiger partial charge is 0.450 e. The molecule has 4 heteroatoms. The van der Waals surface area contributed by atoms with Crippen molar-refractivity contribution in [3.05, 3.63) is 30.1 Å². The molecule has 58 valence electrons. The molecule has 0 aliphatic rings. The second-order valence-corrected chi connectivity index (χ2v) is 2.24. The highest BCUT2D eigenvalue weighted by Crippen LogP contribution is 1.99. The van der Waals surface area contributed by atoms with Crippen LogP contribution < -0.4 is 0 Å². The number of rotatable bonds is 2. The van der Waals surface area contributed by atoms with Crippen LogP contribution in [-0.4, -0.2) is 16.5 Å². The van der Waals surface area contributed by atoms with E-state index in [4.69, 9.17) is 0 Å². The van der Waals surface area contributed by atoms with Crippen LogP contribution in [-0.2, 0) is 4.74 Å². The normalized spacial score (nSPS) is 9.18. The minimum atomic E-state index is -0.366. The first-order valence-corrected chi connectivity index (χ1v) is 4.10. The van der Waals surface area contributed by atoms with Crippen molar-refractivity contribution in [1.29, 1.82) is 0 Å². The van der Waals surface area contributed by atoms with Crippen LogP contribution in [0.15, 0.2) is 24.5 Å². The number of carbonyl (C=O) groups excluding carboxylic acids is 1. The summed E-state index contributed by atoms with van der Waals surface area (Å²) in [4.78, 5) is 14.7. The molecule has 11 heavy (non-hydrogen) atoms. The maximum Gasteiger partial charge on any atom is 0.340 e. The third-order valence-electron chi connectivity index (χ3n) is 1.08. The molecular weight excluding hydrogens is 210 g/mol. The summed E-state index contributed by atoms with van der Waals surface area (Å²) < 4.78 is 4.67. The van der Waals surface area contributed by atoms with Gasteiger partial charge in [0.2, 0.25) is 0 Å². The number of esters is 1. The zero-order valence-electron chi connectivity index (χ0n) is 5.66. The molecule has 0 aromatic carbocycles. The molecule has 0 bridgehead atoms. The Bertz CT molecular complexity index is 237. The quantitative estimate of drug-likeness (QED) is 0.556. The van der Waals surface area contributed by atoms with Crippen molar-refractivity contribution in [3.63, 3.8) is 0 Å². The van der Waals surface area contributed by atoms with Gasteiger partial charge in [0.1, 0.15) is 5.52 Å². The molecule has 0 amide bonds. The van der Waals surface area contributed by atoms with Crippen LogP contribution in [0.5, 0.6) is 0 Å². The van der Waals surface area contributed by atoms with Crippen molar-refractivity contribution in [1.82, 2.24) is 4.98 Å². The van der Waals surface area contributed by atoms with E-state index in [1.54, 1.807) is 18.3 Å². The molecule has 1 aromatic rings. The van der Waals surface area contributed by atoms with E-state index < -0.39 is 0 Å². The predicted molar refractivity (Wildman–Crippen MR) is 43.4 cm³/mol. The Morgan fingerprint density at radius 1 is 1.73 bits per heavy atom. The lowest BCUT2D eigenvalue weighted by atomic mass is 10.3. The van der Waals surface area contributed by atoms with Gasteiger partial charge in [-0.3, -0.25) is 4.98 Å². The molecule has 0 saturated carbocycles. The average molecular weight is 216 g/mol. The molecule has 3 nitrogen and oxygen atoms in total. The topological polar surface area (TPSA) is 39.2 Å². The maximum atomic E-state index is 11.0. The van der Waals surface area contributed by atoms with Gasteiger partial charge < -0.3 is 4.74 Å². The highest BCUT2D eigenvalue weighted by Gasteiger charge is 2.03. The van der Waals surface area contributed by atoms with E-state index in [1.165, 1.54) is 6.20 Å². The fourth-order valence-electron chi connectivity index (χ4n) is 0.616. The second-order valence-electron chi connectivity index (χ2n) is 1.78. The lowest BCUT2D eigenvalue weighted by Crippen LogP contribution is -2.03. The molecular formula is C7H6BrNO2. The van der Waals surface area contributed by atoms with Crippen LogP contribution in [0.25, 0.3) is 0 Å². The first kappa shape index (κ1) is 8.20. The monoisotopic (exact) mass is 215 g/mol. The molecule has 0 unspecified atom stereocenters. The van der Waals surface area contributed by atoms with Crippen LogP contribution in [0, 0.1) is 0 Å². The Kier molecular flexibility index (Phi) is 3.04. The Balaban J connectivity index is 2.69. The molecule has 0 N–H and O–H groups in total. The van der Waals surface area contributed by atoms with Crippen molar-refractivity contribution < 1.29 is 9.53 Å². The summed E-state index contributed by atoms with van der Waals surface area (Å²) in [6, 6.07) is 3.34. The molecule has 0 radical (unpaired) electrons. The van der Waals surface area contributed by atoms with Crippen molar-refractivity contribution in [2.24, 2.45) is 0 Å². The Labute approximate surface area is 72.5 Å². The average Bonchev–Trinajstić information content (AvgIpc) is 2.07. The lowest BCUT2D eigenvalue weighted by molar-refractivity contribution is 0.0583. The molecule has 1 heterocycles. The number of hydrogen-bond donors (Lipinski definition) is 0. The van der Waals surface area contributed by atoms with Crippen LogP contribution in [0.3, 0.4) is 0 Å². The van der Waals surface area contributed by atoms with Gasteiger partial charge in [-0.05, 0) is 28.1 Å². The zero-order chi connectivity index (χ0) is 8.10. The van der Waals surface area contributed by atoms with Crippen LogP contribution >= 0.6 is 15.9 Å². The Hall–Kier alpha value is -0.900. The van der Waals surface area contributed by atoms with E-state index >= 15 is 0 Å². The Morgan fingerprint density at radius 2 is 2.55 bits per heavy atom. The number of aromatic nitrogens is 1. The summed E-state index contributed by atoms with van der Waals surface area (Å²) >= 11 is 2.98. The molecule has 0 saturated heterocycles. The van der Waals surface area contributed by atoms with Gasteiger partial charge in [-0.2, -0.15) is 0 Å². The zero-order valence-corrected chi connectivity index (χ0v) is 7.24. The fraction of sp³-hybridized carbons (Fsp3) is 0.143. The second kappa shape index (κ2) is 4.08. The first-order chi connectivity index (χ1) is 5.34. The van der Waals surface area contributed by atoms with Gasteiger partial charge >= 0.3 is 5.97 Å². The standard InChI is InChI=1S/C7H6BrNO2/c8-5-11-7(10)6-2-1-3-9-4-6/h1-4H,5H2. The summed E-state index contributed by atoms with van der Waals surface area (Å²) in [6.45, 7) is 0. The van der Waals surface area contributed by atoms with Gasteiger partial charge in [-0.25, -0.2) is 4.79 Å². The van der Waals surface area contributed by atoms with Crippen molar-refractivity contribution in [3.8, 4) is 0 Å². The summed E-state index contributed by atoms with van der Waals surface area (Å²) in [6.07, 6.45) is 3.07. The number of carbonyl (C=O) groups is 1. The number of nitrogens with zero attached hydrogens (tertiary/aromatic N) is 1. The molecule has 0 aliphatic heterocycles. The van der Waals surface area contributed by atoms with E-state index in [2.05, 4.69) is 25.7 Å². The van der Waals surface area contributed by atoms with E-state index in [-0.39, 0.29) is 11.5 Å². The summed E-state index contributed by atoms with van der Waals surface area (Å²) in [5.74, 6) is -0.366. The fourth-order valence-corrected chi connectivity index (χ4v) is 0.824. The van der Waals surface area contributed by atoms with Gasteiger partial charge in [0.05, 0.1) is 5.56 Å². The summed E-state index contributed by atoms with van der Waals surface area (Å²) in [5.41, 5.74) is 0.674. The van der Waals surface area contributed by atoms with Crippen LogP contribution in [0.4, 0.5) is 0 Å². The third kappa shape index (κ3) is 2.31. The van der Waals surface area contributed by atoms with Gasteiger partial charge in [-0.15, -0.1) is 0 Å². The molecule has 0 spiro atoms. The van der Waals surface area contributed by atoms with Crippen LogP contribution in [0.2, 0.25) is 0 Å². The van der Waals surface area contributed by atoms with Gasteiger partial charge in [-0.1, -0.05) is 0 Å². The summed E-state index contributed by atoms with van der Waals surface area (Å²) in [7, 11) is 0. The first-order valence-electron chi connectivity index (χ1n) is 2.97. The van der Waals surface area contributed by atoms with Crippen LogP contribution in [0.1, 0.15) is 10.4 Å². The van der Waals surface area contributed by atoms with Gasteiger partial charge in [0, 0.05) is 12.4 Å². The van der Waals surface area contributed by atoms with Gasteiger partial charge in [0.25, 0.3) is 0 Å². The highest BCUT2D eigenvalue weighted by molar-refractivity contribution is 9.09. The highest BCUT2D eigenvalue weighted by atomic mass is 79.9. The van der Waals surface area contributed by atoms with Crippen molar-refractivity contribution >= 4 is 21.9 Å². The van der Waals surface area contributed by atoms with E-state index in [1.807, 2.05) is 0 Å². The minimum Gasteiger partial charge on any atom is -0.450 e. The summed E-state index contributed by atoms with van der Waals surface area (Å²) in [5, 5.41) is 0. The van der Waals surface area contributed by atoms with Crippen molar-refractivity contribution in [2.75, 3.05) is 5.52 Å². The number of hydrogen-bond acceptors (Lipinski definition) is 3. The van der Waals surface area contributed by atoms with Crippen molar-refractivity contribution in [2.45, 2.75) is 0 Å². The number of ether oxygens (including phenoxy) is 1. The third-order valence-corrected chi connectivity index (χ3v) is 1.31. The molecule has 0 atom stereocenters. The Morgan fingerprint density at radius 3 is 3.09 bits per heavy atom. The van der Waals surface area contributed by atoms with E-state index in [0.29, 0.717) is 5.56 Å². The van der Waals surface area contributed by atoms with E-state index in [9.17, 15) is 4.79 Å². The number of halogens is 1. The maximum absolute atomic E-state index is 11.0. The molecule has 1 rings (SSSR count). The minimum absolute atomic E-state index is 0.209. The SMILES string of the molecule is O=C(OCBr)c1cccnc1. The molecule has 0 fully saturated rings.